The Kier molecular flexibility index (Phi) is 2.65. The molecule has 0 saturated heterocycles. The van der Waals surface area contributed by atoms with Crippen LogP contribution >= 0.6 is 0 Å². The number of hydrogen-bond donors (Lipinski definition) is 0. The first-order chi connectivity index (χ1) is 7.54. The number of fused-ring (bicyclic) bond motifs is 1. The van der Waals surface area contributed by atoms with Crippen LogP contribution in [0.25, 0.3) is 0 Å². The molecule has 0 aliphatic heterocycles. The van der Waals surface area contributed by atoms with E-state index in [0.29, 0.717) is 6.42 Å². The molecule has 0 radical (unpaired) electrons. The first-order valence-corrected chi connectivity index (χ1v) is 6.05. The molecule has 0 aromatic rings. The lowest BCUT2D eigenvalue weighted by atomic mass is 9.50. The minimum atomic E-state index is -0.0130. The number of carbonyl (C=O) groups is 1. The Morgan fingerprint density at radius 2 is 2.31 bits per heavy atom. The normalized spacial score (nSPS) is 38.3. The maximum absolute atomic E-state index is 11.6. The van der Waals surface area contributed by atoms with E-state index in [2.05, 4.69) is 26.2 Å². The second-order valence-electron chi connectivity index (χ2n) is 5.46. The van der Waals surface area contributed by atoms with Gasteiger partial charge in [0.15, 0.2) is 5.78 Å². The van der Waals surface area contributed by atoms with Gasteiger partial charge < -0.3 is 0 Å². The van der Waals surface area contributed by atoms with Crippen molar-refractivity contribution in [2.24, 2.45) is 10.8 Å². The fourth-order valence-corrected chi connectivity index (χ4v) is 3.50. The first kappa shape index (κ1) is 11.4. The van der Waals surface area contributed by atoms with E-state index in [0.717, 1.165) is 25.7 Å². The highest BCUT2D eigenvalue weighted by Gasteiger charge is 2.51. The summed E-state index contributed by atoms with van der Waals surface area (Å²) in [6.45, 7) is 10.4. The zero-order valence-electron chi connectivity index (χ0n) is 10.1. The third kappa shape index (κ3) is 1.41. The highest BCUT2D eigenvalue weighted by Crippen LogP contribution is 2.59. The smallest absolute Gasteiger partial charge is 0.155 e. The van der Waals surface area contributed by atoms with Crippen LogP contribution in [-0.4, -0.2) is 5.78 Å². The summed E-state index contributed by atoms with van der Waals surface area (Å²) in [5, 5.41) is 0. The molecule has 0 unspecified atom stereocenters. The van der Waals surface area contributed by atoms with Crippen LogP contribution in [0.4, 0.5) is 0 Å². The topological polar surface area (TPSA) is 17.1 Å². The number of rotatable bonds is 2. The van der Waals surface area contributed by atoms with Gasteiger partial charge in [0.1, 0.15) is 0 Å². The molecule has 0 aromatic carbocycles. The summed E-state index contributed by atoms with van der Waals surface area (Å²) >= 11 is 0. The summed E-state index contributed by atoms with van der Waals surface area (Å²) in [7, 11) is 0. The summed E-state index contributed by atoms with van der Waals surface area (Å²) in [5.74, 6) is 0.261. The molecule has 2 atom stereocenters. The molecule has 0 aromatic heterocycles. The Hall–Kier alpha value is -1.11. The molecule has 1 nitrogen and oxygen atoms in total. The van der Waals surface area contributed by atoms with Gasteiger partial charge in [-0.2, -0.15) is 0 Å². The Morgan fingerprint density at radius 1 is 1.56 bits per heavy atom. The van der Waals surface area contributed by atoms with Gasteiger partial charge in [-0.15, -0.1) is 6.58 Å². The van der Waals surface area contributed by atoms with E-state index < -0.39 is 0 Å². The Bertz CT molecular complexity index is 377. The van der Waals surface area contributed by atoms with Crippen LogP contribution < -0.4 is 0 Å². The quantitative estimate of drug-likeness (QED) is 0.641. The average molecular weight is 216 g/mol. The predicted octanol–water partition coefficient (Wildman–Crippen LogP) is 3.82. The van der Waals surface area contributed by atoms with E-state index in [1.165, 1.54) is 5.57 Å². The fourth-order valence-electron chi connectivity index (χ4n) is 3.50. The molecule has 1 heteroatoms. The van der Waals surface area contributed by atoms with E-state index in [9.17, 15) is 4.79 Å². The van der Waals surface area contributed by atoms with E-state index in [1.807, 2.05) is 6.08 Å². The molecule has 1 saturated carbocycles. The molecule has 0 amide bonds. The van der Waals surface area contributed by atoms with E-state index in [1.54, 1.807) is 6.08 Å². The van der Waals surface area contributed by atoms with Gasteiger partial charge >= 0.3 is 0 Å². The maximum atomic E-state index is 11.6. The number of carbonyl (C=O) groups excluding carboxylic acids is 1. The van der Waals surface area contributed by atoms with Crippen molar-refractivity contribution in [3.63, 3.8) is 0 Å². The van der Waals surface area contributed by atoms with Crippen molar-refractivity contribution >= 4 is 5.78 Å². The van der Waals surface area contributed by atoms with Gasteiger partial charge in [0, 0.05) is 11.8 Å². The summed E-state index contributed by atoms with van der Waals surface area (Å²) in [6.07, 6.45) is 10.8. The fraction of sp³-hybridized carbons (Fsp3) is 0.533. The SMILES string of the molecule is C=CC[C@]12C=CC(=O)C[C@@]1(C)CCCC2=C. The van der Waals surface area contributed by atoms with Crippen LogP contribution in [-0.2, 0) is 4.79 Å². The Morgan fingerprint density at radius 3 is 3.00 bits per heavy atom. The largest absolute Gasteiger partial charge is 0.295 e. The van der Waals surface area contributed by atoms with Gasteiger partial charge in [0.2, 0.25) is 0 Å². The molecule has 1 fully saturated rings. The molecular formula is C15H20O. The zero-order chi connectivity index (χ0) is 11.8. The minimum Gasteiger partial charge on any atom is -0.295 e. The first-order valence-electron chi connectivity index (χ1n) is 6.05. The zero-order valence-corrected chi connectivity index (χ0v) is 10.1. The van der Waals surface area contributed by atoms with E-state index in [-0.39, 0.29) is 16.6 Å². The van der Waals surface area contributed by atoms with Gasteiger partial charge in [-0.05, 0) is 37.2 Å². The molecule has 0 N–H and O–H groups in total. The van der Waals surface area contributed by atoms with Crippen LogP contribution in [0, 0.1) is 10.8 Å². The molecule has 0 bridgehead atoms. The van der Waals surface area contributed by atoms with Crippen molar-refractivity contribution in [2.45, 2.75) is 39.0 Å². The van der Waals surface area contributed by atoms with Crippen LogP contribution in [0.15, 0.2) is 37.0 Å². The second-order valence-corrected chi connectivity index (χ2v) is 5.46. The van der Waals surface area contributed by atoms with Gasteiger partial charge in [0.05, 0.1) is 0 Å². The maximum Gasteiger partial charge on any atom is 0.155 e. The summed E-state index contributed by atoms with van der Waals surface area (Å²) < 4.78 is 0. The highest BCUT2D eigenvalue weighted by atomic mass is 16.1. The van der Waals surface area contributed by atoms with Crippen LogP contribution in [0.1, 0.15) is 39.0 Å². The van der Waals surface area contributed by atoms with Crippen molar-refractivity contribution in [3.8, 4) is 0 Å². The summed E-state index contributed by atoms with van der Waals surface area (Å²) in [4.78, 5) is 11.6. The molecule has 16 heavy (non-hydrogen) atoms. The minimum absolute atomic E-state index is 0.0130. The van der Waals surface area contributed by atoms with Crippen molar-refractivity contribution in [3.05, 3.63) is 37.0 Å². The molecule has 2 aliphatic carbocycles. The monoisotopic (exact) mass is 216 g/mol. The van der Waals surface area contributed by atoms with Gasteiger partial charge in [-0.25, -0.2) is 0 Å². The summed E-state index contributed by atoms with van der Waals surface area (Å²) in [6, 6.07) is 0. The van der Waals surface area contributed by atoms with Crippen molar-refractivity contribution in [2.75, 3.05) is 0 Å². The number of allylic oxidation sites excluding steroid dienone is 4. The second kappa shape index (κ2) is 3.73. The number of ketones is 1. The van der Waals surface area contributed by atoms with Gasteiger partial charge in [-0.3, -0.25) is 4.79 Å². The third-order valence-electron chi connectivity index (χ3n) is 4.50. The van der Waals surface area contributed by atoms with Gasteiger partial charge in [0.25, 0.3) is 0 Å². The molecule has 86 valence electrons. The number of hydrogen-bond acceptors (Lipinski definition) is 1. The van der Waals surface area contributed by atoms with Crippen molar-refractivity contribution < 1.29 is 4.79 Å². The van der Waals surface area contributed by atoms with Crippen molar-refractivity contribution in [1.82, 2.24) is 0 Å². The Balaban J connectivity index is 2.51. The molecule has 0 spiro atoms. The predicted molar refractivity (Wildman–Crippen MR) is 67.1 cm³/mol. The van der Waals surface area contributed by atoms with E-state index >= 15 is 0 Å². The van der Waals surface area contributed by atoms with Gasteiger partial charge in [-0.1, -0.05) is 31.2 Å². The lowest BCUT2D eigenvalue weighted by molar-refractivity contribution is -0.119. The standard InChI is InChI=1S/C15H20O/c1-4-8-15-10-7-13(16)11-14(15,3)9-5-6-12(15)2/h4,7,10H,1-2,5-6,8-9,11H2,3H3/t14-,15-/m1/s1. The van der Waals surface area contributed by atoms with E-state index in [4.69, 9.17) is 0 Å². The molecule has 2 rings (SSSR count). The van der Waals surface area contributed by atoms with Crippen LogP contribution in [0.5, 0.6) is 0 Å². The molecule has 2 aliphatic rings. The average Bonchev–Trinajstić information content (AvgIpc) is 2.21. The van der Waals surface area contributed by atoms with Crippen LogP contribution in [0.2, 0.25) is 0 Å². The lowest BCUT2D eigenvalue weighted by Crippen LogP contribution is -2.46. The molecular weight excluding hydrogens is 196 g/mol. The lowest BCUT2D eigenvalue weighted by Gasteiger charge is -2.53. The Labute approximate surface area is 97.9 Å². The molecule has 0 heterocycles. The van der Waals surface area contributed by atoms with Crippen molar-refractivity contribution in [1.29, 1.82) is 0 Å². The van der Waals surface area contributed by atoms with Crippen LogP contribution in [0.3, 0.4) is 0 Å². The highest BCUT2D eigenvalue weighted by molar-refractivity contribution is 5.91. The third-order valence-corrected chi connectivity index (χ3v) is 4.50. The summed E-state index contributed by atoms with van der Waals surface area (Å²) in [5.41, 5.74) is 1.33.